The molecule has 0 heterocycles. The normalized spacial score (nSPS) is 12.8. The molecule has 7 nitrogen and oxygen atoms in total. The van der Waals surface area contributed by atoms with Gasteiger partial charge in [-0.2, -0.15) is 0 Å². The molecular weight excluding hydrogens is 319 g/mol. The quantitative estimate of drug-likeness (QED) is 0.737. The molecule has 0 aromatic heterocycles. The third kappa shape index (κ3) is 5.86. The van der Waals surface area contributed by atoms with Crippen molar-refractivity contribution in [3.05, 3.63) is 30.1 Å². The first-order valence-corrected chi connectivity index (χ1v) is 7.42. The van der Waals surface area contributed by atoms with Gasteiger partial charge in [0.1, 0.15) is 17.6 Å². The van der Waals surface area contributed by atoms with E-state index in [2.05, 4.69) is 5.32 Å². The Morgan fingerprint density at radius 3 is 2.33 bits per heavy atom. The van der Waals surface area contributed by atoms with E-state index >= 15 is 0 Å². The number of ether oxygens (including phenoxy) is 1. The summed E-state index contributed by atoms with van der Waals surface area (Å²) >= 11 is 0. The molecule has 8 heteroatoms. The van der Waals surface area contributed by atoms with Gasteiger partial charge in [-0.25, -0.2) is 9.18 Å². The summed E-state index contributed by atoms with van der Waals surface area (Å²) < 4.78 is 18.3. The Morgan fingerprint density at radius 1 is 1.25 bits per heavy atom. The number of benzene rings is 1. The van der Waals surface area contributed by atoms with Crippen molar-refractivity contribution in [2.75, 3.05) is 13.1 Å². The number of carbonyl (C=O) groups excluding carboxylic acids is 2. The first-order valence-electron chi connectivity index (χ1n) is 7.42. The minimum absolute atomic E-state index is 0.0308. The van der Waals surface area contributed by atoms with E-state index in [0.717, 1.165) is 4.90 Å². The number of hydrogen-bond acceptors (Lipinski definition) is 4. The van der Waals surface area contributed by atoms with E-state index in [0.29, 0.717) is 5.75 Å². The first kappa shape index (κ1) is 19.4. The van der Waals surface area contributed by atoms with Crippen LogP contribution in [-0.2, 0) is 14.4 Å². The zero-order valence-electron chi connectivity index (χ0n) is 13.8. The molecule has 0 fully saturated rings. The lowest BCUT2D eigenvalue weighted by atomic mass is 10.2. The lowest BCUT2D eigenvalue weighted by Gasteiger charge is -2.29. The molecule has 1 rings (SSSR count). The van der Waals surface area contributed by atoms with Crippen molar-refractivity contribution in [1.82, 2.24) is 10.2 Å². The highest BCUT2D eigenvalue weighted by Crippen LogP contribution is 2.14. The SMILES string of the molecule is CC(=O)NCCN(C(=O)C(C)Oc1ccc(F)cc1)C(C)C(=O)O. The van der Waals surface area contributed by atoms with Gasteiger partial charge in [0.15, 0.2) is 6.10 Å². The maximum Gasteiger partial charge on any atom is 0.326 e. The summed E-state index contributed by atoms with van der Waals surface area (Å²) in [7, 11) is 0. The summed E-state index contributed by atoms with van der Waals surface area (Å²) in [5.74, 6) is -2.12. The number of carboxylic acids is 1. The van der Waals surface area contributed by atoms with Crippen LogP contribution in [0.1, 0.15) is 20.8 Å². The van der Waals surface area contributed by atoms with E-state index in [-0.39, 0.29) is 19.0 Å². The van der Waals surface area contributed by atoms with Gasteiger partial charge in [0.25, 0.3) is 5.91 Å². The van der Waals surface area contributed by atoms with Gasteiger partial charge in [0.2, 0.25) is 5.91 Å². The van der Waals surface area contributed by atoms with Gasteiger partial charge in [-0.3, -0.25) is 9.59 Å². The van der Waals surface area contributed by atoms with Gasteiger partial charge in [-0.05, 0) is 38.1 Å². The first-order chi connectivity index (χ1) is 11.2. The number of carboxylic acid groups (broad SMARTS) is 1. The van der Waals surface area contributed by atoms with Crippen LogP contribution in [-0.4, -0.2) is 53.0 Å². The number of nitrogens with one attached hydrogen (secondary N) is 1. The average Bonchev–Trinajstić information content (AvgIpc) is 2.52. The Kier molecular flexibility index (Phi) is 7.16. The van der Waals surface area contributed by atoms with E-state index in [1.54, 1.807) is 0 Å². The molecule has 0 spiro atoms. The molecule has 0 saturated carbocycles. The molecule has 0 saturated heterocycles. The largest absolute Gasteiger partial charge is 0.481 e. The van der Waals surface area contributed by atoms with Crippen molar-refractivity contribution in [1.29, 1.82) is 0 Å². The summed E-state index contributed by atoms with van der Waals surface area (Å²) in [5, 5.41) is 11.7. The van der Waals surface area contributed by atoms with Crippen LogP contribution in [0, 0.1) is 5.82 Å². The third-order valence-corrected chi connectivity index (χ3v) is 3.31. The second kappa shape index (κ2) is 8.85. The van der Waals surface area contributed by atoms with Crippen molar-refractivity contribution in [2.24, 2.45) is 0 Å². The second-order valence-electron chi connectivity index (χ2n) is 5.24. The molecule has 2 atom stereocenters. The highest BCUT2D eigenvalue weighted by atomic mass is 19.1. The van der Waals surface area contributed by atoms with Crippen LogP contribution in [0.15, 0.2) is 24.3 Å². The molecule has 24 heavy (non-hydrogen) atoms. The molecule has 2 amide bonds. The van der Waals surface area contributed by atoms with E-state index in [1.165, 1.54) is 45.0 Å². The summed E-state index contributed by atoms with van der Waals surface area (Å²) in [5.41, 5.74) is 0. The van der Waals surface area contributed by atoms with Crippen molar-refractivity contribution in [2.45, 2.75) is 32.9 Å². The zero-order chi connectivity index (χ0) is 18.3. The van der Waals surface area contributed by atoms with E-state index in [9.17, 15) is 18.8 Å². The van der Waals surface area contributed by atoms with Crippen LogP contribution in [0.2, 0.25) is 0 Å². The monoisotopic (exact) mass is 340 g/mol. The minimum atomic E-state index is -1.17. The molecule has 2 unspecified atom stereocenters. The van der Waals surface area contributed by atoms with Crippen molar-refractivity contribution in [3.8, 4) is 5.75 Å². The zero-order valence-corrected chi connectivity index (χ0v) is 13.8. The second-order valence-corrected chi connectivity index (χ2v) is 5.24. The number of amides is 2. The van der Waals surface area contributed by atoms with Gasteiger partial charge in [-0.15, -0.1) is 0 Å². The maximum absolute atomic E-state index is 12.9. The summed E-state index contributed by atoms with van der Waals surface area (Å²) in [6, 6.07) is 4.07. The number of aliphatic carboxylic acids is 1. The summed E-state index contributed by atoms with van der Waals surface area (Å²) in [6.45, 7) is 4.34. The lowest BCUT2D eigenvalue weighted by Crippen LogP contribution is -2.51. The molecule has 1 aromatic rings. The topological polar surface area (TPSA) is 95.9 Å². The molecule has 132 valence electrons. The molecular formula is C16H21FN2O5. The Hall–Kier alpha value is -2.64. The molecule has 2 N–H and O–H groups in total. The fourth-order valence-electron chi connectivity index (χ4n) is 1.98. The predicted octanol–water partition coefficient (Wildman–Crippen LogP) is 1.03. The highest BCUT2D eigenvalue weighted by Gasteiger charge is 2.29. The molecule has 1 aromatic carbocycles. The molecule has 0 aliphatic carbocycles. The van der Waals surface area contributed by atoms with Crippen molar-refractivity contribution < 1.29 is 28.6 Å². The summed E-state index contributed by atoms with van der Waals surface area (Å²) in [4.78, 5) is 35.7. The molecule has 0 bridgehead atoms. The fourth-order valence-corrected chi connectivity index (χ4v) is 1.98. The Balaban J connectivity index is 2.78. The van der Waals surface area contributed by atoms with Gasteiger partial charge in [0.05, 0.1) is 0 Å². The third-order valence-electron chi connectivity index (χ3n) is 3.31. The molecule has 0 radical (unpaired) electrons. The Bertz CT molecular complexity index is 591. The van der Waals surface area contributed by atoms with Crippen LogP contribution in [0.4, 0.5) is 4.39 Å². The summed E-state index contributed by atoms with van der Waals surface area (Å²) in [6.07, 6.45) is -0.963. The van der Waals surface area contributed by atoms with E-state index in [1.807, 2.05) is 0 Å². The van der Waals surface area contributed by atoms with Crippen LogP contribution >= 0.6 is 0 Å². The number of nitrogens with zero attached hydrogens (tertiary/aromatic N) is 1. The Labute approximate surface area is 139 Å². The van der Waals surface area contributed by atoms with Crippen molar-refractivity contribution in [3.63, 3.8) is 0 Å². The number of rotatable bonds is 8. The molecule has 0 aliphatic heterocycles. The van der Waals surface area contributed by atoms with Gasteiger partial charge < -0.3 is 20.1 Å². The van der Waals surface area contributed by atoms with Crippen LogP contribution in [0.3, 0.4) is 0 Å². The van der Waals surface area contributed by atoms with E-state index < -0.39 is 29.8 Å². The number of hydrogen-bond donors (Lipinski definition) is 2. The maximum atomic E-state index is 12.9. The average molecular weight is 340 g/mol. The minimum Gasteiger partial charge on any atom is -0.481 e. The van der Waals surface area contributed by atoms with Gasteiger partial charge in [-0.1, -0.05) is 0 Å². The highest BCUT2D eigenvalue weighted by molar-refractivity contribution is 5.86. The molecule has 0 aliphatic rings. The van der Waals surface area contributed by atoms with Crippen LogP contribution in [0.5, 0.6) is 5.75 Å². The standard InChI is InChI=1S/C16H21FN2O5/c1-10(16(22)23)19(9-8-18-12(3)20)15(21)11(2)24-14-6-4-13(17)5-7-14/h4-7,10-11H,8-9H2,1-3H3,(H,18,20)(H,22,23). The fraction of sp³-hybridized carbons (Fsp3) is 0.438. The predicted molar refractivity (Wildman–Crippen MR) is 84.0 cm³/mol. The number of halogens is 1. The van der Waals surface area contributed by atoms with Crippen molar-refractivity contribution >= 4 is 17.8 Å². The van der Waals surface area contributed by atoms with Gasteiger partial charge >= 0.3 is 5.97 Å². The number of carbonyl (C=O) groups is 3. The van der Waals surface area contributed by atoms with Crippen LogP contribution in [0.25, 0.3) is 0 Å². The Morgan fingerprint density at radius 2 is 1.83 bits per heavy atom. The smallest absolute Gasteiger partial charge is 0.326 e. The van der Waals surface area contributed by atoms with Crippen LogP contribution < -0.4 is 10.1 Å². The van der Waals surface area contributed by atoms with Gasteiger partial charge in [0, 0.05) is 20.0 Å². The van der Waals surface area contributed by atoms with E-state index in [4.69, 9.17) is 9.84 Å². The lowest BCUT2D eigenvalue weighted by molar-refractivity contribution is -0.152.